The minimum absolute atomic E-state index is 0.0135. The molecule has 8 heteroatoms. The minimum atomic E-state index is -0.0976. The number of aromatic nitrogens is 4. The fraction of sp³-hybridized carbons (Fsp3) is 0.222. The lowest BCUT2D eigenvalue weighted by atomic mass is 10.2. The Morgan fingerprint density at radius 1 is 1.19 bits per heavy atom. The van der Waals surface area contributed by atoms with Gasteiger partial charge in [-0.05, 0) is 26.0 Å². The van der Waals surface area contributed by atoms with Gasteiger partial charge in [0.25, 0.3) is 11.1 Å². The quantitative estimate of drug-likeness (QED) is 0.399. The van der Waals surface area contributed by atoms with Crippen molar-refractivity contribution in [2.75, 3.05) is 0 Å². The van der Waals surface area contributed by atoms with Gasteiger partial charge in [-0.25, -0.2) is 9.97 Å². The number of hydrogen-bond acceptors (Lipinski definition) is 6. The van der Waals surface area contributed by atoms with Crippen molar-refractivity contribution in [3.05, 3.63) is 68.3 Å². The smallest absolute Gasteiger partial charge is 0.262 e. The lowest BCUT2D eigenvalue weighted by molar-refractivity contribution is 0.519. The molecule has 0 amide bonds. The summed E-state index contributed by atoms with van der Waals surface area (Å²) >= 11 is 2.84. The van der Waals surface area contributed by atoms with Crippen LogP contribution in [0.3, 0.4) is 0 Å². The lowest BCUT2D eigenvalue weighted by Gasteiger charge is -2.16. The molecule has 132 valence electrons. The van der Waals surface area contributed by atoms with Crippen molar-refractivity contribution in [1.29, 1.82) is 0 Å². The maximum atomic E-state index is 12.8. The fourth-order valence-corrected chi connectivity index (χ4v) is 4.54. The van der Waals surface area contributed by atoms with Crippen LogP contribution in [0.15, 0.2) is 56.7 Å². The summed E-state index contributed by atoms with van der Waals surface area (Å²) in [4.78, 5) is 34.8. The van der Waals surface area contributed by atoms with Crippen LogP contribution in [0.1, 0.15) is 25.6 Å². The predicted molar refractivity (Wildman–Crippen MR) is 105 cm³/mol. The maximum absolute atomic E-state index is 12.8. The molecule has 4 aromatic rings. The van der Waals surface area contributed by atoms with E-state index < -0.39 is 0 Å². The molecular formula is C18H16N4O2S2. The number of hydrogen-bond donors (Lipinski definition) is 0. The van der Waals surface area contributed by atoms with Crippen LogP contribution in [0, 0.1) is 0 Å². The van der Waals surface area contributed by atoms with Crippen LogP contribution < -0.4 is 11.1 Å². The number of nitrogens with zero attached hydrogens (tertiary/aromatic N) is 4. The van der Waals surface area contributed by atoms with Crippen LogP contribution in [-0.4, -0.2) is 18.9 Å². The van der Waals surface area contributed by atoms with E-state index in [0.29, 0.717) is 32.5 Å². The van der Waals surface area contributed by atoms with Gasteiger partial charge in [0.15, 0.2) is 10.1 Å². The molecule has 3 aromatic heterocycles. The predicted octanol–water partition coefficient (Wildman–Crippen LogP) is 3.34. The molecule has 0 radical (unpaired) electrons. The highest BCUT2D eigenvalue weighted by Gasteiger charge is 2.14. The third-order valence-corrected chi connectivity index (χ3v) is 5.74. The Morgan fingerprint density at radius 2 is 2.00 bits per heavy atom. The van der Waals surface area contributed by atoms with Crippen molar-refractivity contribution in [1.82, 2.24) is 18.9 Å². The van der Waals surface area contributed by atoms with Gasteiger partial charge in [0, 0.05) is 29.4 Å². The summed E-state index contributed by atoms with van der Waals surface area (Å²) in [5.41, 5.74) is 1.22. The molecule has 0 aliphatic heterocycles. The van der Waals surface area contributed by atoms with Gasteiger partial charge in [-0.1, -0.05) is 23.9 Å². The zero-order chi connectivity index (χ0) is 18.3. The lowest BCUT2D eigenvalue weighted by Crippen LogP contribution is -2.25. The Labute approximate surface area is 157 Å². The van der Waals surface area contributed by atoms with E-state index in [1.165, 1.54) is 33.6 Å². The molecule has 26 heavy (non-hydrogen) atoms. The van der Waals surface area contributed by atoms with E-state index in [-0.39, 0.29) is 17.2 Å². The van der Waals surface area contributed by atoms with Crippen LogP contribution in [0.2, 0.25) is 0 Å². The molecule has 0 spiro atoms. The fourth-order valence-electron chi connectivity index (χ4n) is 2.78. The van der Waals surface area contributed by atoms with Crippen molar-refractivity contribution in [3.63, 3.8) is 0 Å². The molecule has 1 aromatic carbocycles. The van der Waals surface area contributed by atoms with Crippen LogP contribution in [0.25, 0.3) is 15.9 Å². The molecular weight excluding hydrogens is 368 g/mol. The van der Waals surface area contributed by atoms with Gasteiger partial charge in [0.2, 0.25) is 0 Å². The standard InChI is InChI=1S/C18H16N4O2S2/c1-11(2)22-16(24)13-5-3-4-6-14(13)20-18(22)26-10-12-9-15(23)21-7-8-25-17(21)19-12/h3-9,11H,10H2,1-2H3. The molecule has 0 aliphatic rings. The van der Waals surface area contributed by atoms with Crippen molar-refractivity contribution in [3.8, 4) is 0 Å². The van der Waals surface area contributed by atoms with Gasteiger partial charge >= 0.3 is 0 Å². The number of fused-ring (bicyclic) bond motifs is 2. The van der Waals surface area contributed by atoms with Gasteiger partial charge in [-0.2, -0.15) is 0 Å². The Kier molecular flexibility index (Phi) is 4.37. The Hall–Kier alpha value is -2.45. The van der Waals surface area contributed by atoms with Crippen molar-refractivity contribution >= 4 is 39.0 Å². The maximum Gasteiger partial charge on any atom is 0.262 e. The summed E-state index contributed by atoms with van der Waals surface area (Å²) in [6.07, 6.45) is 1.72. The first-order valence-corrected chi connectivity index (χ1v) is 10.0. The summed E-state index contributed by atoms with van der Waals surface area (Å²) in [7, 11) is 0. The second kappa shape index (κ2) is 6.69. The van der Waals surface area contributed by atoms with E-state index in [1.54, 1.807) is 16.8 Å². The highest BCUT2D eigenvalue weighted by molar-refractivity contribution is 7.98. The largest absolute Gasteiger partial charge is 0.285 e. The van der Waals surface area contributed by atoms with Gasteiger partial charge in [-0.15, -0.1) is 11.3 Å². The highest BCUT2D eigenvalue weighted by Crippen LogP contribution is 2.23. The van der Waals surface area contributed by atoms with Gasteiger partial charge in [-0.3, -0.25) is 18.6 Å². The summed E-state index contributed by atoms with van der Waals surface area (Å²) in [6.45, 7) is 3.93. The van der Waals surface area contributed by atoms with Crippen molar-refractivity contribution < 1.29 is 0 Å². The number of thioether (sulfide) groups is 1. The summed E-state index contributed by atoms with van der Waals surface area (Å²) in [5, 5.41) is 3.08. The first-order valence-electron chi connectivity index (χ1n) is 8.14. The van der Waals surface area contributed by atoms with Gasteiger partial charge in [0.05, 0.1) is 16.6 Å². The highest BCUT2D eigenvalue weighted by atomic mass is 32.2. The van der Waals surface area contributed by atoms with Gasteiger partial charge in [0.1, 0.15) is 0 Å². The van der Waals surface area contributed by atoms with E-state index in [2.05, 4.69) is 9.97 Å². The van der Waals surface area contributed by atoms with Crippen molar-refractivity contribution in [2.45, 2.75) is 30.8 Å². The second-order valence-corrected chi connectivity index (χ2v) is 7.93. The Bertz CT molecular complexity index is 1220. The topological polar surface area (TPSA) is 69.3 Å². The second-order valence-electron chi connectivity index (χ2n) is 6.11. The van der Waals surface area contributed by atoms with E-state index in [4.69, 9.17) is 0 Å². The molecule has 0 saturated carbocycles. The number of para-hydroxylation sites is 1. The number of benzene rings is 1. The molecule has 0 N–H and O–H groups in total. The minimum Gasteiger partial charge on any atom is -0.285 e. The molecule has 4 rings (SSSR count). The van der Waals surface area contributed by atoms with E-state index >= 15 is 0 Å². The third-order valence-electron chi connectivity index (χ3n) is 4.00. The zero-order valence-electron chi connectivity index (χ0n) is 14.2. The van der Waals surface area contributed by atoms with Crippen LogP contribution in [0.5, 0.6) is 0 Å². The van der Waals surface area contributed by atoms with E-state index in [1.807, 2.05) is 37.4 Å². The third kappa shape index (κ3) is 2.95. The first kappa shape index (κ1) is 17.0. The van der Waals surface area contributed by atoms with Crippen LogP contribution >= 0.6 is 23.1 Å². The Balaban J connectivity index is 1.75. The molecule has 0 unspecified atom stereocenters. The molecule has 0 fully saturated rings. The Morgan fingerprint density at radius 3 is 2.81 bits per heavy atom. The molecule has 0 bridgehead atoms. The number of rotatable bonds is 4. The summed E-state index contributed by atoms with van der Waals surface area (Å²) in [5.74, 6) is 0.473. The van der Waals surface area contributed by atoms with Crippen molar-refractivity contribution in [2.24, 2.45) is 0 Å². The van der Waals surface area contributed by atoms with E-state index in [9.17, 15) is 9.59 Å². The summed E-state index contributed by atoms with van der Waals surface area (Å²) < 4.78 is 3.22. The number of thiazole rings is 1. The normalized spacial score (nSPS) is 11.7. The molecule has 0 aliphatic carbocycles. The SMILES string of the molecule is CC(C)n1c(SCc2cc(=O)n3ccsc3n2)nc2ccccc2c1=O. The average molecular weight is 384 g/mol. The first-order chi connectivity index (χ1) is 12.5. The van der Waals surface area contributed by atoms with Crippen LogP contribution in [-0.2, 0) is 5.75 Å². The molecule has 6 nitrogen and oxygen atoms in total. The molecule has 3 heterocycles. The monoisotopic (exact) mass is 384 g/mol. The van der Waals surface area contributed by atoms with Crippen LogP contribution in [0.4, 0.5) is 0 Å². The average Bonchev–Trinajstić information content (AvgIpc) is 3.09. The zero-order valence-corrected chi connectivity index (χ0v) is 15.9. The molecule has 0 saturated heterocycles. The molecule has 0 atom stereocenters. The van der Waals surface area contributed by atoms with E-state index in [0.717, 1.165) is 0 Å². The summed E-state index contributed by atoms with van der Waals surface area (Å²) in [6, 6.07) is 8.87. The van der Waals surface area contributed by atoms with Gasteiger partial charge < -0.3 is 0 Å².